The molecule has 2 unspecified atom stereocenters. The number of hydrogen-bond donors (Lipinski definition) is 1. The van der Waals surface area contributed by atoms with Crippen LogP contribution in [0.15, 0.2) is 0 Å². The third kappa shape index (κ3) is 6.88. The molecule has 122 valence electrons. The second kappa shape index (κ2) is 8.31. The molecule has 7 heteroatoms. The van der Waals surface area contributed by atoms with Crippen molar-refractivity contribution in [3.63, 3.8) is 0 Å². The fourth-order valence-electron chi connectivity index (χ4n) is 2.42. The Morgan fingerprint density at radius 2 is 1.71 bits per heavy atom. The molecular weight excluding hydrogens is 274 g/mol. The van der Waals surface area contributed by atoms with Crippen LogP contribution < -0.4 is 0 Å². The Morgan fingerprint density at radius 1 is 1.14 bits per heavy atom. The maximum absolute atomic E-state index is 12.3. The SMILES string of the molecule is CC1CN(C(=O)CN(CCN(C)C)CC(=O)O)CC(C)O1. The predicted molar refractivity (Wildman–Crippen MR) is 79.2 cm³/mol. The summed E-state index contributed by atoms with van der Waals surface area (Å²) in [6.07, 6.45) is 0.0415. The van der Waals surface area contributed by atoms with E-state index in [1.54, 1.807) is 9.80 Å². The zero-order valence-electron chi connectivity index (χ0n) is 13.4. The lowest BCUT2D eigenvalue weighted by molar-refractivity contribution is -0.146. The summed E-state index contributed by atoms with van der Waals surface area (Å²) in [5.74, 6) is -0.942. The molecule has 1 amide bonds. The molecule has 0 spiro atoms. The topological polar surface area (TPSA) is 73.3 Å². The van der Waals surface area contributed by atoms with Crippen molar-refractivity contribution in [3.8, 4) is 0 Å². The highest BCUT2D eigenvalue weighted by Gasteiger charge is 2.27. The van der Waals surface area contributed by atoms with E-state index >= 15 is 0 Å². The zero-order chi connectivity index (χ0) is 16.0. The number of nitrogens with zero attached hydrogens (tertiary/aromatic N) is 3. The van der Waals surface area contributed by atoms with Crippen LogP contribution in [0.4, 0.5) is 0 Å². The van der Waals surface area contributed by atoms with Crippen LogP contribution in [0.5, 0.6) is 0 Å². The van der Waals surface area contributed by atoms with Crippen LogP contribution >= 0.6 is 0 Å². The second-order valence-electron chi connectivity index (χ2n) is 5.96. The van der Waals surface area contributed by atoms with Crippen LogP contribution in [-0.2, 0) is 14.3 Å². The van der Waals surface area contributed by atoms with Gasteiger partial charge in [0.1, 0.15) is 0 Å². The van der Waals surface area contributed by atoms with Gasteiger partial charge in [-0.1, -0.05) is 0 Å². The molecule has 0 aliphatic carbocycles. The van der Waals surface area contributed by atoms with Gasteiger partial charge in [-0.05, 0) is 27.9 Å². The molecule has 7 nitrogen and oxygen atoms in total. The predicted octanol–water partition coefficient (Wildman–Crippen LogP) is -0.430. The fraction of sp³-hybridized carbons (Fsp3) is 0.857. The summed E-state index contributed by atoms with van der Waals surface area (Å²) in [6, 6.07) is 0. The molecule has 0 radical (unpaired) electrons. The smallest absolute Gasteiger partial charge is 0.317 e. The number of carboxylic acid groups (broad SMARTS) is 1. The van der Waals surface area contributed by atoms with Gasteiger partial charge in [0.25, 0.3) is 0 Å². The molecule has 0 aromatic rings. The van der Waals surface area contributed by atoms with Crippen molar-refractivity contribution >= 4 is 11.9 Å². The van der Waals surface area contributed by atoms with E-state index < -0.39 is 5.97 Å². The minimum absolute atomic E-state index is 0.0207. The Morgan fingerprint density at radius 3 is 2.19 bits per heavy atom. The van der Waals surface area contributed by atoms with Gasteiger partial charge in [-0.15, -0.1) is 0 Å². The molecule has 0 saturated carbocycles. The highest BCUT2D eigenvalue weighted by Crippen LogP contribution is 2.11. The quantitative estimate of drug-likeness (QED) is 0.688. The van der Waals surface area contributed by atoms with Crippen molar-refractivity contribution in [1.82, 2.24) is 14.7 Å². The van der Waals surface area contributed by atoms with E-state index in [0.29, 0.717) is 19.6 Å². The van der Waals surface area contributed by atoms with Crippen molar-refractivity contribution in [2.75, 3.05) is 53.4 Å². The Balaban J connectivity index is 2.55. The lowest BCUT2D eigenvalue weighted by atomic mass is 10.2. The average Bonchev–Trinajstić information content (AvgIpc) is 2.33. The molecule has 1 saturated heterocycles. The first-order valence-corrected chi connectivity index (χ1v) is 7.30. The maximum Gasteiger partial charge on any atom is 0.317 e. The summed E-state index contributed by atoms with van der Waals surface area (Å²) in [6.45, 7) is 6.31. The van der Waals surface area contributed by atoms with Crippen molar-refractivity contribution < 1.29 is 19.4 Å². The Kier molecular flexibility index (Phi) is 7.07. The van der Waals surface area contributed by atoms with Gasteiger partial charge in [0.15, 0.2) is 0 Å². The van der Waals surface area contributed by atoms with Gasteiger partial charge in [-0.2, -0.15) is 0 Å². The molecule has 1 aliphatic rings. The molecule has 0 aromatic carbocycles. The Labute approximate surface area is 126 Å². The fourth-order valence-corrected chi connectivity index (χ4v) is 2.42. The number of carbonyl (C=O) groups is 2. The standard InChI is InChI=1S/C14H27N3O4/c1-11-7-17(8-12(2)21-11)13(18)9-16(10-14(19)20)6-5-15(3)4/h11-12H,5-10H2,1-4H3,(H,19,20). The first kappa shape index (κ1) is 17.9. The van der Waals surface area contributed by atoms with E-state index in [9.17, 15) is 9.59 Å². The summed E-state index contributed by atoms with van der Waals surface area (Å²) in [5, 5.41) is 8.96. The molecule has 1 heterocycles. The highest BCUT2D eigenvalue weighted by atomic mass is 16.5. The van der Waals surface area contributed by atoms with E-state index in [-0.39, 0.29) is 31.2 Å². The maximum atomic E-state index is 12.3. The first-order valence-electron chi connectivity index (χ1n) is 7.30. The monoisotopic (exact) mass is 301 g/mol. The number of aliphatic carboxylic acids is 1. The average molecular weight is 301 g/mol. The van der Waals surface area contributed by atoms with Gasteiger partial charge in [-0.3, -0.25) is 14.5 Å². The Bertz CT molecular complexity index is 352. The molecule has 1 N–H and O–H groups in total. The molecule has 0 bridgehead atoms. The van der Waals surface area contributed by atoms with Crippen LogP contribution in [0.3, 0.4) is 0 Å². The van der Waals surface area contributed by atoms with Crippen LogP contribution in [0.1, 0.15) is 13.8 Å². The Hall–Kier alpha value is -1.18. The third-order valence-electron chi connectivity index (χ3n) is 3.35. The van der Waals surface area contributed by atoms with Crippen molar-refractivity contribution in [2.24, 2.45) is 0 Å². The number of rotatable bonds is 7. The largest absolute Gasteiger partial charge is 0.480 e. The van der Waals surface area contributed by atoms with E-state index in [2.05, 4.69) is 0 Å². The van der Waals surface area contributed by atoms with Gasteiger partial charge in [0.2, 0.25) is 5.91 Å². The van der Waals surface area contributed by atoms with Crippen molar-refractivity contribution in [2.45, 2.75) is 26.1 Å². The van der Waals surface area contributed by atoms with Crippen LogP contribution in [0, 0.1) is 0 Å². The first-order chi connectivity index (χ1) is 9.77. The number of likely N-dealkylation sites (N-methyl/N-ethyl adjacent to an activating group) is 1. The van der Waals surface area contributed by atoms with Crippen molar-refractivity contribution in [1.29, 1.82) is 0 Å². The molecule has 0 aromatic heterocycles. The summed E-state index contributed by atoms with van der Waals surface area (Å²) < 4.78 is 5.61. The zero-order valence-corrected chi connectivity index (χ0v) is 13.4. The minimum atomic E-state index is -0.912. The lowest BCUT2D eigenvalue weighted by Crippen LogP contribution is -2.52. The highest BCUT2D eigenvalue weighted by molar-refractivity contribution is 5.79. The van der Waals surface area contributed by atoms with Crippen molar-refractivity contribution in [3.05, 3.63) is 0 Å². The van der Waals surface area contributed by atoms with E-state index in [4.69, 9.17) is 9.84 Å². The van der Waals surface area contributed by atoms with Gasteiger partial charge >= 0.3 is 5.97 Å². The van der Waals surface area contributed by atoms with E-state index in [0.717, 1.165) is 6.54 Å². The number of morpholine rings is 1. The summed E-state index contributed by atoms with van der Waals surface area (Å²) in [7, 11) is 3.85. The van der Waals surface area contributed by atoms with Crippen LogP contribution in [0.2, 0.25) is 0 Å². The molecule has 1 aliphatic heterocycles. The normalized spacial score (nSPS) is 22.9. The number of amides is 1. The van der Waals surface area contributed by atoms with Gasteiger partial charge in [0.05, 0.1) is 25.3 Å². The number of hydrogen-bond acceptors (Lipinski definition) is 5. The number of carboxylic acids is 1. The van der Waals surface area contributed by atoms with Gasteiger partial charge in [-0.25, -0.2) is 0 Å². The summed E-state index contributed by atoms with van der Waals surface area (Å²) >= 11 is 0. The van der Waals surface area contributed by atoms with E-state index in [1.165, 1.54) is 0 Å². The van der Waals surface area contributed by atoms with Crippen LogP contribution in [0.25, 0.3) is 0 Å². The number of ether oxygens (including phenoxy) is 1. The molecule has 21 heavy (non-hydrogen) atoms. The van der Waals surface area contributed by atoms with Crippen LogP contribution in [-0.4, -0.2) is 97.3 Å². The third-order valence-corrected chi connectivity index (χ3v) is 3.35. The summed E-state index contributed by atoms with van der Waals surface area (Å²) in [5.41, 5.74) is 0. The number of carbonyl (C=O) groups excluding carboxylic acids is 1. The second-order valence-corrected chi connectivity index (χ2v) is 5.96. The molecule has 2 atom stereocenters. The van der Waals surface area contributed by atoms with Gasteiger partial charge < -0.3 is 19.6 Å². The lowest BCUT2D eigenvalue weighted by Gasteiger charge is -2.36. The van der Waals surface area contributed by atoms with Gasteiger partial charge in [0, 0.05) is 26.2 Å². The minimum Gasteiger partial charge on any atom is -0.480 e. The van der Waals surface area contributed by atoms with E-state index in [1.807, 2.05) is 32.8 Å². The summed E-state index contributed by atoms with van der Waals surface area (Å²) in [4.78, 5) is 28.7. The molecular formula is C14H27N3O4. The molecule has 1 fully saturated rings. The molecule has 1 rings (SSSR count).